The van der Waals surface area contributed by atoms with Crippen LogP contribution in [0.5, 0.6) is 11.5 Å². The smallest absolute Gasteiger partial charge is 0.137 e. The van der Waals surface area contributed by atoms with E-state index in [-0.39, 0.29) is 10.8 Å². The number of hydrogen-bond donors (Lipinski definition) is 0. The number of ether oxygens (including phenoxy) is 1. The second-order valence-electron chi connectivity index (χ2n) is 16.0. The molecule has 0 spiro atoms. The maximum atomic E-state index is 6.78. The zero-order valence-corrected chi connectivity index (χ0v) is 31.2. The maximum Gasteiger partial charge on any atom is 0.137 e. The Labute approximate surface area is 307 Å². The van der Waals surface area contributed by atoms with Crippen LogP contribution in [0.2, 0.25) is 0 Å². The molecule has 1 aliphatic rings. The van der Waals surface area contributed by atoms with Crippen molar-refractivity contribution in [1.82, 2.24) is 9.55 Å². The molecular formula is C47H46N4O. The van der Waals surface area contributed by atoms with E-state index in [9.17, 15) is 0 Å². The average molecular weight is 683 g/mol. The van der Waals surface area contributed by atoms with Crippen LogP contribution in [-0.4, -0.2) is 16.2 Å². The van der Waals surface area contributed by atoms with Gasteiger partial charge in [-0.3, -0.25) is 4.57 Å². The molecule has 0 fully saturated rings. The van der Waals surface area contributed by atoms with Crippen molar-refractivity contribution in [1.29, 1.82) is 0 Å². The molecule has 5 aromatic carbocycles. The highest BCUT2D eigenvalue weighted by Crippen LogP contribution is 2.39. The molecule has 0 bridgehead atoms. The molecule has 8 rings (SSSR count). The van der Waals surface area contributed by atoms with Gasteiger partial charge in [-0.15, -0.1) is 0 Å². The molecule has 0 saturated carbocycles. The first-order chi connectivity index (χ1) is 24.9. The first kappa shape index (κ1) is 33.3. The SMILES string of the molecule is Cc1cc(-c2ccccc2)ccc1N1C=CN(c2cc(Oc3ccc4c5ccccc5n(-c5cc(C(C)(C)C)ccn5)c4c3)cc(C(C)(C)C)c2)C1. The number of anilines is 2. The minimum absolute atomic E-state index is 0.00782. The van der Waals surface area contributed by atoms with Gasteiger partial charge in [-0.1, -0.05) is 96.1 Å². The number of fused-ring (bicyclic) bond motifs is 3. The molecule has 52 heavy (non-hydrogen) atoms. The normalized spacial score (nSPS) is 13.4. The Bertz CT molecular complexity index is 2460. The summed E-state index contributed by atoms with van der Waals surface area (Å²) in [4.78, 5) is 9.46. The molecule has 3 heterocycles. The second kappa shape index (κ2) is 12.8. The molecule has 0 aliphatic carbocycles. The first-order valence-corrected chi connectivity index (χ1v) is 18.1. The quantitative estimate of drug-likeness (QED) is 0.175. The molecule has 0 atom stereocenters. The monoisotopic (exact) mass is 682 g/mol. The summed E-state index contributed by atoms with van der Waals surface area (Å²) >= 11 is 0. The third-order valence-electron chi connectivity index (χ3n) is 10.2. The molecule has 5 nitrogen and oxygen atoms in total. The number of pyridine rings is 1. The fourth-order valence-corrected chi connectivity index (χ4v) is 7.18. The van der Waals surface area contributed by atoms with Gasteiger partial charge in [0.25, 0.3) is 0 Å². The lowest BCUT2D eigenvalue weighted by atomic mass is 9.86. The number of nitrogens with zero attached hydrogens (tertiary/aromatic N) is 4. The fourth-order valence-electron chi connectivity index (χ4n) is 7.18. The molecule has 0 saturated heterocycles. The van der Waals surface area contributed by atoms with Crippen LogP contribution in [-0.2, 0) is 10.8 Å². The molecule has 7 aromatic rings. The van der Waals surface area contributed by atoms with E-state index in [0.29, 0.717) is 6.67 Å². The van der Waals surface area contributed by atoms with Gasteiger partial charge >= 0.3 is 0 Å². The van der Waals surface area contributed by atoms with Crippen molar-refractivity contribution in [3.8, 4) is 28.4 Å². The molecular weight excluding hydrogens is 637 g/mol. The second-order valence-corrected chi connectivity index (χ2v) is 16.0. The molecule has 2 aromatic heterocycles. The van der Waals surface area contributed by atoms with Crippen molar-refractivity contribution in [2.24, 2.45) is 0 Å². The first-order valence-electron chi connectivity index (χ1n) is 18.1. The minimum atomic E-state index is -0.0682. The number of rotatable bonds is 6. The summed E-state index contributed by atoms with van der Waals surface area (Å²) < 4.78 is 9.04. The number of benzene rings is 5. The summed E-state index contributed by atoms with van der Waals surface area (Å²) in [5.74, 6) is 2.50. The number of aryl methyl sites for hydroxylation is 1. The molecule has 0 unspecified atom stereocenters. The summed E-state index contributed by atoms with van der Waals surface area (Å²) in [6, 6.07) is 43.2. The molecule has 0 N–H and O–H groups in total. The molecule has 0 radical (unpaired) electrons. The van der Waals surface area contributed by atoms with Gasteiger partial charge in [-0.25, -0.2) is 4.98 Å². The summed E-state index contributed by atoms with van der Waals surface area (Å²) in [6.45, 7) is 16.4. The number of aromatic nitrogens is 2. The Morgan fingerprint density at radius 3 is 2.08 bits per heavy atom. The summed E-state index contributed by atoms with van der Waals surface area (Å²) in [7, 11) is 0. The van der Waals surface area contributed by atoms with Crippen LogP contribution in [0, 0.1) is 6.92 Å². The van der Waals surface area contributed by atoms with Crippen LogP contribution in [0.1, 0.15) is 58.2 Å². The third kappa shape index (κ3) is 6.32. The predicted molar refractivity (Wildman–Crippen MR) is 218 cm³/mol. The Morgan fingerprint density at radius 1 is 0.577 bits per heavy atom. The van der Waals surface area contributed by atoms with Gasteiger partial charge < -0.3 is 14.5 Å². The highest BCUT2D eigenvalue weighted by molar-refractivity contribution is 6.09. The van der Waals surface area contributed by atoms with Gasteiger partial charge in [0, 0.05) is 52.9 Å². The number of para-hydroxylation sites is 1. The fraction of sp³-hybridized carbons (Fsp3) is 0.213. The van der Waals surface area contributed by atoms with E-state index in [1.165, 1.54) is 44.3 Å². The topological polar surface area (TPSA) is 33.5 Å². The van der Waals surface area contributed by atoms with E-state index < -0.39 is 0 Å². The zero-order valence-electron chi connectivity index (χ0n) is 31.2. The van der Waals surface area contributed by atoms with Crippen molar-refractivity contribution in [2.75, 3.05) is 16.5 Å². The van der Waals surface area contributed by atoms with Crippen molar-refractivity contribution in [3.63, 3.8) is 0 Å². The van der Waals surface area contributed by atoms with E-state index in [1.54, 1.807) is 0 Å². The van der Waals surface area contributed by atoms with E-state index in [0.717, 1.165) is 34.0 Å². The van der Waals surface area contributed by atoms with Crippen LogP contribution in [0.15, 0.2) is 140 Å². The standard InChI is InChI=1S/C47H46N4O/c1-32-25-34(33-13-9-8-10-14-33)17-20-42(32)50-24-23-49(31-50)37-26-36(47(5,6)7)27-39(29-37)52-38-18-19-41-40-15-11-12-16-43(40)51(44(41)30-38)45-28-35(21-22-48-45)46(2,3)4/h8-30H,31H2,1-7H3. The van der Waals surface area contributed by atoms with Gasteiger partial charge in [0.15, 0.2) is 0 Å². The largest absolute Gasteiger partial charge is 0.457 e. The predicted octanol–water partition coefficient (Wildman–Crippen LogP) is 12.3. The Balaban J connectivity index is 1.13. The molecule has 260 valence electrons. The minimum Gasteiger partial charge on any atom is -0.457 e. The summed E-state index contributed by atoms with van der Waals surface area (Å²) in [5, 5.41) is 2.36. The van der Waals surface area contributed by atoms with Crippen molar-refractivity contribution in [3.05, 3.63) is 157 Å². The maximum absolute atomic E-state index is 6.78. The lowest BCUT2D eigenvalue weighted by Gasteiger charge is -2.26. The van der Waals surface area contributed by atoms with Crippen LogP contribution in [0.25, 0.3) is 38.8 Å². The Kier molecular flexibility index (Phi) is 8.18. The van der Waals surface area contributed by atoms with Crippen LogP contribution in [0.4, 0.5) is 11.4 Å². The van der Waals surface area contributed by atoms with Gasteiger partial charge in [-0.2, -0.15) is 0 Å². The zero-order chi connectivity index (χ0) is 36.2. The summed E-state index contributed by atoms with van der Waals surface area (Å²) in [5.41, 5.74) is 10.6. The molecule has 0 amide bonds. The average Bonchev–Trinajstić information content (AvgIpc) is 3.74. The highest BCUT2D eigenvalue weighted by atomic mass is 16.5. The van der Waals surface area contributed by atoms with Crippen LogP contribution >= 0.6 is 0 Å². The third-order valence-corrected chi connectivity index (χ3v) is 10.2. The van der Waals surface area contributed by atoms with Crippen LogP contribution < -0.4 is 14.5 Å². The van der Waals surface area contributed by atoms with E-state index in [4.69, 9.17) is 9.72 Å². The lowest BCUT2D eigenvalue weighted by Crippen LogP contribution is -2.25. The van der Waals surface area contributed by atoms with E-state index in [2.05, 4.69) is 197 Å². The molecule has 1 aliphatic heterocycles. The van der Waals surface area contributed by atoms with E-state index in [1.807, 2.05) is 6.20 Å². The highest BCUT2D eigenvalue weighted by Gasteiger charge is 2.23. The van der Waals surface area contributed by atoms with E-state index >= 15 is 0 Å². The van der Waals surface area contributed by atoms with Crippen molar-refractivity contribution < 1.29 is 4.74 Å². The lowest BCUT2D eigenvalue weighted by molar-refractivity contribution is 0.479. The van der Waals surface area contributed by atoms with Gasteiger partial charge in [0.1, 0.15) is 17.3 Å². The van der Waals surface area contributed by atoms with Gasteiger partial charge in [0.05, 0.1) is 17.7 Å². The number of hydrogen-bond acceptors (Lipinski definition) is 4. The van der Waals surface area contributed by atoms with Crippen molar-refractivity contribution in [2.45, 2.75) is 59.3 Å². The Hall–Kier alpha value is -5.81. The van der Waals surface area contributed by atoms with Gasteiger partial charge in [-0.05, 0) is 100 Å². The van der Waals surface area contributed by atoms with Gasteiger partial charge in [0.2, 0.25) is 0 Å². The summed E-state index contributed by atoms with van der Waals surface area (Å²) in [6.07, 6.45) is 6.26. The van der Waals surface area contributed by atoms with Crippen molar-refractivity contribution >= 4 is 33.2 Å². The van der Waals surface area contributed by atoms with Crippen LogP contribution in [0.3, 0.4) is 0 Å². The Morgan fingerprint density at radius 2 is 1.31 bits per heavy atom. The molecule has 5 heteroatoms.